The Morgan fingerprint density at radius 1 is 1.45 bits per heavy atom. The van der Waals surface area contributed by atoms with Crippen LogP contribution in [0.1, 0.15) is 38.7 Å². The van der Waals surface area contributed by atoms with Crippen molar-refractivity contribution in [1.29, 1.82) is 0 Å². The summed E-state index contributed by atoms with van der Waals surface area (Å²) in [4.78, 5) is 2.57. The number of likely N-dealkylation sites (tertiary alicyclic amines) is 1. The van der Waals surface area contributed by atoms with Gasteiger partial charge in [0.15, 0.2) is 5.11 Å². The van der Waals surface area contributed by atoms with E-state index in [4.69, 9.17) is 23.8 Å². The second-order valence-electron chi connectivity index (χ2n) is 6.18. The number of hydrogen-bond acceptors (Lipinski definition) is 2. The van der Waals surface area contributed by atoms with Crippen molar-refractivity contribution in [3.8, 4) is 0 Å². The summed E-state index contributed by atoms with van der Waals surface area (Å²) in [6, 6.07) is 6.96. The highest BCUT2D eigenvalue weighted by atomic mass is 35.5. The molecule has 1 aliphatic rings. The van der Waals surface area contributed by atoms with Gasteiger partial charge in [-0.1, -0.05) is 24.1 Å². The third-order valence-electron chi connectivity index (χ3n) is 4.49. The van der Waals surface area contributed by atoms with E-state index in [9.17, 15) is 0 Å². The van der Waals surface area contributed by atoms with E-state index in [1.807, 2.05) is 25.1 Å². The van der Waals surface area contributed by atoms with Crippen molar-refractivity contribution in [2.24, 2.45) is 0 Å². The van der Waals surface area contributed by atoms with Crippen LogP contribution in [0, 0.1) is 6.92 Å². The predicted molar refractivity (Wildman–Crippen MR) is 99.9 cm³/mol. The van der Waals surface area contributed by atoms with Crippen LogP contribution in [0.4, 0.5) is 5.69 Å². The SMILES string of the molecule is Cc1c(Cl)cccc1NC(=S)NC[C@H](C)N1CCCC[C@@H]1C. The monoisotopic (exact) mass is 339 g/mol. The number of benzene rings is 1. The summed E-state index contributed by atoms with van der Waals surface area (Å²) in [5, 5.41) is 7.98. The lowest BCUT2D eigenvalue weighted by Gasteiger charge is -2.38. The maximum atomic E-state index is 6.13. The van der Waals surface area contributed by atoms with E-state index >= 15 is 0 Å². The van der Waals surface area contributed by atoms with Crippen LogP contribution in [-0.2, 0) is 0 Å². The first-order valence-electron chi connectivity index (χ1n) is 8.04. The fraction of sp³-hybridized carbons (Fsp3) is 0.588. The second-order valence-corrected chi connectivity index (χ2v) is 6.99. The van der Waals surface area contributed by atoms with Crippen molar-refractivity contribution < 1.29 is 0 Å². The molecule has 1 aromatic carbocycles. The highest BCUT2D eigenvalue weighted by Crippen LogP contribution is 2.23. The Labute approximate surface area is 144 Å². The molecule has 0 spiro atoms. The topological polar surface area (TPSA) is 27.3 Å². The molecule has 0 amide bonds. The maximum Gasteiger partial charge on any atom is 0.170 e. The molecule has 0 aromatic heterocycles. The number of rotatable bonds is 4. The van der Waals surface area contributed by atoms with E-state index in [-0.39, 0.29) is 0 Å². The summed E-state index contributed by atoms with van der Waals surface area (Å²) >= 11 is 11.5. The smallest absolute Gasteiger partial charge is 0.170 e. The van der Waals surface area contributed by atoms with Gasteiger partial charge in [-0.3, -0.25) is 4.90 Å². The molecule has 1 heterocycles. The summed E-state index contributed by atoms with van der Waals surface area (Å²) in [7, 11) is 0. The van der Waals surface area contributed by atoms with Crippen molar-refractivity contribution in [3.63, 3.8) is 0 Å². The first-order valence-corrected chi connectivity index (χ1v) is 8.83. The Hall–Kier alpha value is -0.840. The molecule has 0 bridgehead atoms. The minimum Gasteiger partial charge on any atom is -0.361 e. The van der Waals surface area contributed by atoms with E-state index in [1.165, 1.54) is 25.8 Å². The molecular weight excluding hydrogens is 314 g/mol. The van der Waals surface area contributed by atoms with Crippen LogP contribution in [0.15, 0.2) is 18.2 Å². The quantitative estimate of drug-likeness (QED) is 0.804. The second kappa shape index (κ2) is 8.14. The molecule has 2 atom stereocenters. The molecule has 0 saturated carbocycles. The van der Waals surface area contributed by atoms with Crippen LogP contribution in [0.5, 0.6) is 0 Å². The Bertz CT molecular complexity index is 521. The Kier molecular flexibility index (Phi) is 6.48. The van der Waals surface area contributed by atoms with Gasteiger partial charge in [0.25, 0.3) is 0 Å². The lowest BCUT2D eigenvalue weighted by Crippen LogP contribution is -2.49. The van der Waals surface area contributed by atoms with E-state index < -0.39 is 0 Å². The third-order valence-corrected chi connectivity index (χ3v) is 5.15. The number of piperidine rings is 1. The molecule has 22 heavy (non-hydrogen) atoms. The highest BCUT2D eigenvalue weighted by molar-refractivity contribution is 7.80. The van der Waals surface area contributed by atoms with E-state index in [1.54, 1.807) is 0 Å². The van der Waals surface area contributed by atoms with Crippen LogP contribution in [-0.4, -0.2) is 35.2 Å². The minimum atomic E-state index is 0.482. The lowest BCUT2D eigenvalue weighted by atomic mass is 10.0. The zero-order chi connectivity index (χ0) is 16.1. The summed E-state index contributed by atoms with van der Waals surface area (Å²) in [6.45, 7) is 8.63. The summed E-state index contributed by atoms with van der Waals surface area (Å²) in [5.41, 5.74) is 1.98. The number of nitrogens with zero attached hydrogens (tertiary/aromatic N) is 1. The third kappa shape index (κ3) is 4.58. The molecule has 1 aliphatic heterocycles. The van der Waals surface area contributed by atoms with E-state index in [0.717, 1.165) is 22.8 Å². The molecule has 0 radical (unpaired) electrons. The predicted octanol–water partition coefficient (Wildman–Crippen LogP) is 4.20. The zero-order valence-electron chi connectivity index (χ0n) is 13.7. The minimum absolute atomic E-state index is 0.482. The molecule has 1 fully saturated rings. The zero-order valence-corrected chi connectivity index (χ0v) is 15.2. The normalized spacial score (nSPS) is 20.5. The molecular formula is C17H26ClN3S. The van der Waals surface area contributed by atoms with Crippen molar-refractivity contribution >= 4 is 34.6 Å². The molecule has 0 aliphatic carbocycles. The molecule has 122 valence electrons. The van der Waals surface area contributed by atoms with E-state index in [2.05, 4.69) is 29.4 Å². The first-order chi connectivity index (χ1) is 10.5. The van der Waals surface area contributed by atoms with Crippen LogP contribution in [0.2, 0.25) is 5.02 Å². The standard InChI is InChI=1S/C17H26ClN3S/c1-12-7-4-5-10-21(12)13(2)11-19-17(22)20-16-9-6-8-15(18)14(16)3/h6,8-9,12-13H,4-5,7,10-11H2,1-3H3,(H2,19,20,22)/t12-,13-/m0/s1. The van der Waals surface area contributed by atoms with Crippen molar-refractivity contribution in [1.82, 2.24) is 10.2 Å². The molecule has 1 aromatic rings. The number of thiocarbonyl (C=S) groups is 1. The van der Waals surface area contributed by atoms with Gasteiger partial charge in [0.1, 0.15) is 0 Å². The average Bonchev–Trinajstić information content (AvgIpc) is 2.50. The number of nitrogens with one attached hydrogen (secondary N) is 2. The Morgan fingerprint density at radius 2 is 2.23 bits per heavy atom. The van der Waals surface area contributed by atoms with Gasteiger partial charge in [-0.2, -0.15) is 0 Å². The molecule has 2 N–H and O–H groups in total. The lowest BCUT2D eigenvalue weighted by molar-refractivity contribution is 0.116. The van der Waals surface area contributed by atoms with E-state index in [0.29, 0.717) is 17.2 Å². The molecule has 2 rings (SSSR count). The summed E-state index contributed by atoms with van der Waals surface area (Å²) < 4.78 is 0. The maximum absolute atomic E-state index is 6.13. The van der Waals surface area contributed by atoms with Crippen molar-refractivity contribution in [2.45, 2.75) is 52.1 Å². The van der Waals surface area contributed by atoms with Crippen molar-refractivity contribution in [2.75, 3.05) is 18.4 Å². The largest absolute Gasteiger partial charge is 0.361 e. The van der Waals surface area contributed by atoms with Gasteiger partial charge in [0.05, 0.1) is 0 Å². The van der Waals surface area contributed by atoms with Crippen LogP contribution >= 0.6 is 23.8 Å². The van der Waals surface area contributed by atoms with Gasteiger partial charge in [-0.05, 0) is 70.1 Å². The van der Waals surface area contributed by atoms with Gasteiger partial charge in [0, 0.05) is 29.3 Å². The number of halogens is 1. The number of hydrogen-bond donors (Lipinski definition) is 2. The van der Waals surface area contributed by atoms with Gasteiger partial charge < -0.3 is 10.6 Å². The van der Waals surface area contributed by atoms with Crippen LogP contribution in [0.25, 0.3) is 0 Å². The molecule has 5 heteroatoms. The first kappa shape index (κ1) is 17.5. The molecule has 3 nitrogen and oxygen atoms in total. The fourth-order valence-corrected chi connectivity index (χ4v) is 3.41. The fourth-order valence-electron chi connectivity index (χ4n) is 3.04. The Morgan fingerprint density at radius 3 is 2.95 bits per heavy atom. The number of anilines is 1. The van der Waals surface area contributed by atoms with Gasteiger partial charge in [0.2, 0.25) is 0 Å². The molecule has 1 saturated heterocycles. The Balaban J connectivity index is 1.83. The van der Waals surface area contributed by atoms with Crippen molar-refractivity contribution in [3.05, 3.63) is 28.8 Å². The van der Waals surface area contributed by atoms with Gasteiger partial charge in [-0.15, -0.1) is 0 Å². The highest BCUT2D eigenvalue weighted by Gasteiger charge is 2.22. The van der Waals surface area contributed by atoms with Gasteiger partial charge >= 0.3 is 0 Å². The van der Waals surface area contributed by atoms with Gasteiger partial charge in [-0.25, -0.2) is 0 Å². The van der Waals surface area contributed by atoms with Crippen LogP contribution < -0.4 is 10.6 Å². The summed E-state index contributed by atoms with van der Waals surface area (Å²) in [6.07, 6.45) is 3.96. The van der Waals surface area contributed by atoms with Crippen LogP contribution in [0.3, 0.4) is 0 Å². The molecule has 0 unspecified atom stereocenters. The summed E-state index contributed by atoms with van der Waals surface area (Å²) in [5.74, 6) is 0. The average molecular weight is 340 g/mol.